The second kappa shape index (κ2) is 4.77. The molecule has 0 saturated heterocycles. The molecule has 2 nitrogen and oxygen atoms in total. The number of aromatic nitrogens is 1. The van der Waals surface area contributed by atoms with Crippen molar-refractivity contribution in [2.45, 2.75) is 6.92 Å². The largest absolute Gasteiger partial charge is 0.567 e. The summed E-state index contributed by atoms with van der Waals surface area (Å²) in [4.78, 5) is 4.66. The fourth-order valence-electron chi connectivity index (χ4n) is 2.16. The summed E-state index contributed by atoms with van der Waals surface area (Å²) in [7, 11) is 5.32. The third-order valence-electron chi connectivity index (χ3n) is 3.14. The Bertz CT molecular complexity index is 740. The fraction of sp³-hybridized carbons (Fsp3) is 0.0625. The van der Waals surface area contributed by atoms with E-state index in [0.717, 1.165) is 27.7 Å². The van der Waals surface area contributed by atoms with Gasteiger partial charge in [-0.25, -0.2) is 4.98 Å². The molecule has 0 aliphatic carbocycles. The molecule has 0 N–H and O–H groups in total. The van der Waals surface area contributed by atoms with Gasteiger partial charge < -0.3 is 4.65 Å². The number of hydrogen-bond donors (Lipinski definition) is 0. The summed E-state index contributed by atoms with van der Waals surface area (Å²) in [5.41, 5.74) is 3.88. The summed E-state index contributed by atoms with van der Waals surface area (Å²) < 4.78 is 4.93. The normalized spacial score (nSPS) is 10.6. The molecule has 0 aliphatic heterocycles. The predicted octanol–water partition coefficient (Wildman–Crippen LogP) is 3.67. The van der Waals surface area contributed by atoms with Crippen LogP contribution in [0.5, 0.6) is 5.75 Å². The van der Waals surface area contributed by atoms with E-state index in [-0.39, 0.29) is 0 Å². The second-order valence-corrected chi connectivity index (χ2v) is 4.51. The molecule has 90 valence electrons. The summed E-state index contributed by atoms with van der Waals surface area (Å²) in [6, 6.07) is 17.9. The number of nitrogens with zero attached hydrogens (tertiary/aromatic N) is 1. The summed E-state index contributed by atoms with van der Waals surface area (Å²) in [6.07, 6.45) is 0. The van der Waals surface area contributed by atoms with Gasteiger partial charge in [-0.3, -0.25) is 0 Å². The van der Waals surface area contributed by atoms with Crippen molar-refractivity contribution < 1.29 is 4.65 Å². The molecule has 0 spiro atoms. The first-order valence-electron chi connectivity index (χ1n) is 6.11. The Morgan fingerprint density at radius 1 is 1.00 bits per heavy atom. The lowest BCUT2D eigenvalue weighted by molar-refractivity contribution is 0.618. The molecule has 0 aliphatic rings. The molecule has 3 heteroatoms. The summed E-state index contributed by atoms with van der Waals surface area (Å²) in [5.74, 6) is 0.633. The van der Waals surface area contributed by atoms with E-state index in [1.54, 1.807) is 0 Å². The van der Waals surface area contributed by atoms with Gasteiger partial charge >= 0.3 is 8.05 Å². The molecule has 0 bridgehead atoms. The molecule has 2 radical (unpaired) electrons. The Kier molecular flexibility index (Phi) is 2.96. The monoisotopic (exact) mass is 245 g/mol. The van der Waals surface area contributed by atoms with Crippen LogP contribution in [0.15, 0.2) is 54.6 Å². The van der Waals surface area contributed by atoms with Crippen molar-refractivity contribution in [3.63, 3.8) is 0 Å². The van der Waals surface area contributed by atoms with Gasteiger partial charge in [0.2, 0.25) is 0 Å². The van der Waals surface area contributed by atoms with Crippen molar-refractivity contribution in [3.05, 3.63) is 60.2 Å². The number of rotatable bonds is 2. The molecule has 19 heavy (non-hydrogen) atoms. The van der Waals surface area contributed by atoms with Gasteiger partial charge in [-0.2, -0.15) is 0 Å². The van der Waals surface area contributed by atoms with Crippen molar-refractivity contribution in [1.82, 2.24) is 4.98 Å². The molecule has 3 rings (SSSR count). The highest BCUT2D eigenvalue weighted by atomic mass is 16.4. The Labute approximate surface area is 113 Å². The van der Waals surface area contributed by atoms with Gasteiger partial charge in [-0.05, 0) is 31.2 Å². The molecule has 0 amide bonds. The van der Waals surface area contributed by atoms with E-state index >= 15 is 0 Å². The first-order chi connectivity index (χ1) is 9.28. The number of pyridine rings is 1. The van der Waals surface area contributed by atoms with Gasteiger partial charge in [0.1, 0.15) is 5.75 Å². The van der Waals surface area contributed by atoms with Crippen LogP contribution >= 0.6 is 0 Å². The van der Waals surface area contributed by atoms with Gasteiger partial charge in [-0.1, -0.05) is 35.9 Å². The number of fused-ring (bicyclic) bond motifs is 1. The standard InChI is InChI=1S/C16H12BNO/c1-11-6-9-16(19-17)13(10-11)15-8-7-12-4-2-3-5-14(12)18-15/h2-10H,1H3. The Morgan fingerprint density at radius 3 is 2.68 bits per heavy atom. The van der Waals surface area contributed by atoms with E-state index in [1.165, 1.54) is 0 Å². The molecule has 0 unspecified atom stereocenters. The zero-order valence-electron chi connectivity index (χ0n) is 10.6. The van der Waals surface area contributed by atoms with Crippen LogP contribution in [0.1, 0.15) is 5.56 Å². The zero-order chi connectivity index (χ0) is 13.2. The smallest absolute Gasteiger partial charge is 0.374 e. The lowest BCUT2D eigenvalue weighted by Gasteiger charge is -2.10. The van der Waals surface area contributed by atoms with Crippen LogP contribution in [-0.2, 0) is 0 Å². The SMILES string of the molecule is [B]Oc1ccc(C)cc1-c1ccc2ccccc2n1. The highest BCUT2D eigenvalue weighted by Crippen LogP contribution is 2.30. The minimum absolute atomic E-state index is 0.633. The fourth-order valence-corrected chi connectivity index (χ4v) is 2.16. The Hall–Kier alpha value is -2.29. The minimum atomic E-state index is 0.633. The third kappa shape index (κ3) is 2.19. The van der Waals surface area contributed by atoms with E-state index in [4.69, 9.17) is 12.7 Å². The molecule has 3 aromatic rings. The predicted molar refractivity (Wildman–Crippen MR) is 78.3 cm³/mol. The number of aryl methyl sites for hydroxylation is 1. The molecule has 1 aromatic heterocycles. The lowest BCUT2D eigenvalue weighted by Crippen LogP contribution is -1.92. The van der Waals surface area contributed by atoms with Crippen LogP contribution in [0.25, 0.3) is 22.2 Å². The number of para-hydroxylation sites is 1. The molecule has 2 aromatic carbocycles. The van der Waals surface area contributed by atoms with E-state index in [1.807, 2.05) is 55.5 Å². The Balaban J connectivity index is 2.21. The third-order valence-corrected chi connectivity index (χ3v) is 3.14. The maximum atomic E-state index is 5.32. The van der Waals surface area contributed by atoms with Crippen LogP contribution in [0.4, 0.5) is 0 Å². The van der Waals surface area contributed by atoms with E-state index < -0.39 is 0 Å². The van der Waals surface area contributed by atoms with Crippen molar-refractivity contribution in [2.75, 3.05) is 0 Å². The summed E-state index contributed by atoms with van der Waals surface area (Å²) in [5, 5.41) is 1.12. The van der Waals surface area contributed by atoms with E-state index in [0.29, 0.717) is 5.75 Å². The van der Waals surface area contributed by atoms with Crippen molar-refractivity contribution in [3.8, 4) is 17.0 Å². The molecular weight excluding hydrogens is 233 g/mol. The van der Waals surface area contributed by atoms with Gasteiger partial charge in [-0.15, -0.1) is 0 Å². The van der Waals surface area contributed by atoms with Crippen molar-refractivity contribution >= 4 is 19.0 Å². The topological polar surface area (TPSA) is 22.1 Å². The van der Waals surface area contributed by atoms with Crippen LogP contribution < -0.4 is 4.65 Å². The van der Waals surface area contributed by atoms with Crippen molar-refractivity contribution in [2.24, 2.45) is 0 Å². The van der Waals surface area contributed by atoms with E-state index in [9.17, 15) is 0 Å². The maximum Gasteiger partial charge on any atom is 0.374 e. The second-order valence-electron chi connectivity index (χ2n) is 4.51. The average molecular weight is 245 g/mol. The number of hydrogen-bond acceptors (Lipinski definition) is 2. The van der Waals surface area contributed by atoms with Gasteiger partial charge in [0.25, 0.3) is 0 Å². The maximum absolute atomic E-state index is 5.32. The quantitative estimate of drug-likeness (QED) is 0.642. The van der Waals surface area contributed by atoms with Gasteiger partial charge in [0.05, 0.1) is 11.2 Å². The summed E-state index contributed by atoms with van der Waals surface area (Å²) >= 11 is 0. The molecule has 0 fully saturated rings. The number of benzene rings is 2. The molecule has 1 heterocycles. The van der Waals surface area contributed by atoms with Crippen molar-refractivity contribution in [1.29, 1.82) is 0 Å². The van der Waals surface area contributed by atoms with Gasteiger partial charge in [0, 0.05) is 10.9 Å². The van der Waals surface area contributed by atoms with Crippen LogP contribution in [0, 0.1) is 6.92 Å². The summed E-state index contributed by atoms with van der Waals surface area (Å²) in [6.45, 7) is 2.03. The lowest BCUT2D eigenvalue weighted by atomic mass is 10.1. The molecule has 0 atom stereocenters. The zero-order valence-corrected chi connectivity index (χ0v) is 10.6. The average Bonchev–Trinajstić information content (AvgIpc) is 2.46. The van der Waals surface area contributed by atoms with Crippen LogP contribution in [-0.4, -0.2) is 13.0 Å². The highest BCUT2D eigenvalue weighted by Gasteiger charge is 2.07. The van der Waals surface area contributed by atoms with E-state index in [2.05, 4.69) is 11.1 Å². The highest BCUT2D eigenvalue weighted by molar-refractivity contribution is 6.00. The molecule has 0 saturated carbocycles. The first-order valence-corrected chi connectivity index (χ1v) is 6.11. The molecular formula is C16H12BNO. The Morgan fingerprint density at radius 2 is 1.84 bits per heavy atom. The minimum Gasteiger partial charge on any atom is -0.567 e. The first kappa shape index (κ1) is 11.8. The van der Waals surface area contributed by atoms with Gasteiger partial charge in [0.15, 0.2) is 0 Å². The van der Waals surface area contributed by atoms with Crippen LogP contribution in [0.3, 0.4) is 0 Å². The van der Waals surface area contributed by atoms with Crippen LogP contribution in [0.2, 0.25) is 0 Å².